The minimum Gasteiger partial charge on any atom is -0.495 e. The Hall–Kier alpha value is -2.05. The maximum Gasteiger partial charge on any atom is 0.227 e. The highest BCUT2D eigenvalue weighted by Crippen LogP contribution is 2.32. The van der Waals surface area contributed by atoms with E-state index in [4.69, 9.17) is 4.74 Å². The number of para-hydroxylation sites is 2. The summed E-state index contributed by atoms with van der Waals surface area (Å²) in [6.07, 6.45) is 3.31. The van der Waals surface area contributed by atoms with Gasteiger partial charge in [0.1, 0.15) is 5.75 Å². The summed E-state index contributed by atoms with van der Waals surface area (Å²) < 4.78 is 5.32. The lowest BCUT2D eigenvalue weighted by Crippen LogP contribution is -2.35. The molecule has 1 fully saturated rings. The highest BCUT2D eigenvalue weighted by Gasteiger charge is 2.36. The van der Waals surface area contributed by atoms with E-state index in [1.807, 2.05) is 24.3 Å². The fourth-order valence-electron chi connectivity index (χ4n) is 3.14. The number of hydrogen-bond donors (Lipinski definition) is 2. The van der Waals surface area contributed by atoms with Gasteiger partial charge in [-0.25, -0.2) is 0 Å². The molecule has 0 saturated carbocycles. The first-order valence-electron chi connectivity index (χ1n) is 8.28. The Kier molecular flexibility index (Phi) is 6.84. The van der Waals surface area contributed by atoms with Gasteiger partial charge in [-0.05, 0) is 25.1 Å². The van der Waals surface area contributed by atoms with Crippen molar-refractivity contribution in [2.45, 2.75) is 12.8 Å². The lowest BCUT2D eigenvalue weighted by molar-refractivity contribution is -0.126. The molecular weight excluding hydrogens is 342 g/mol. The number of carbonyl (C=O) groups excluding carboxylic acids is 2. The van der Waals surface area contributed by atoms with Crippen molar-refractivity contribution in [1.29, 1.82) is 0 Å². The Bertz CT molecular complexity index is 663. The van der Waals surface area contributed by atoms with Gasteiger partial charge in [0, 0.05) is 26.1 Å². The smallest absolute Gasteiger partial charge is 0.227 e. The number of hydrogen-bond acceptors (Lipinski definition) is 4. The minimum atomic E-state index is -0.315. The second kappa shape index (κ2) is 8.87. The van der Waals surface area contributed by atoms with Gasteiger partial charge in [0.2, 0.25) is 11.8 Å². The maximum atomic E-state index is 12.4. The third-order valence-corrected chi connectivity index (χ3v) is 4.52. The number of amides is 2. The first-order chi connectivity index (χ1) is 11.7. The van der Waals surface area contributed by atoms with E-state index in [1.165, 1.54) is 5.57 Å². The molecule has 0 aromatic heterocycles. The zero-order valence-electron chi connectivity index (χ0n) is 14.3. The first-order valence-corrected chi connectivity index (χ1v) is 8.28. The highest BCUT2D eigenvalue weighted by atomic mass is 35.5. The first kappa shape index (κ1) is 19.3. The summed E-state index contributed by atoms with van der Waals surface area (Å²) >= 11 is 0. The maximum absolute atomic E-state index is 12.4. The van der Waals surface area contributed by atoms with Crippen LogP contribution in [0.3, 0.4) is 0 Å². The molecule has 25 heavy (non-hydrogen) atoms. The summed E-state index contributed by atoms with van der Waals surface area (Å²) in [6, 6.07) is 7.39. The van der Waals surface area contributed by atoms with Crippen LogP contribution in [0.4, 0.5) is 5.69 Å². The molecule has 1 unspecified atom stereocenters. The van der Waals surface area contributed by atoms with Gasteiger partial charge in [-0.3, -0.25) is 9.59 Å². The summed E-state index contributed by atoms with van der Waals surface area (Å²) in [5, 5.41) is 6.22. The van der Waals surface area contributed by atoms with Crippen molar-refractivity contribution >= 4 is 29.9 Å². The summed E-state index contributed by atoms with van der Waals surface area (Å²) in [5.74, 6) is 0.234. The highest BCUT2D eigenvalue weighted by molar-refractivity contribution is 6.01. The van der Waals surface area contributed by atoms with E-state index in [0.29, 0.717) is 18.8 Å². The van der Waals surface area contributed by atoms with Gasteiger partial charge >= 0.3 is 0 Å². The molecule has 0 bridgehead atoms. The van der Waals surface area contributed by atoms with E-state index in [-0.39, 0.29) is 36.6 Å². The summed E-state index contributed by atoms with van der Waals surface area (Å²) in [5.41, 5.74) is 1.97. The van der Waals surface area contributed by atoms with E-state index in [2.05, 4.69) is 16.7 Å². The SMILES string of the molecule is COc1ccccc1N1CC(C(=O)NCC2=CCNCC2)CC1=O.Cl. The van der Waals surface area contributed by atoms with Gasteiger partial charge in [-0.15, -0.1) is 12.4 Å². The van der Waals surface area contributed by atoms with Crippen LogP contribution in [0.15, 0.2) is 35.9 Å². The number of halogens is 1. The van der Waals surface area contributed by atoms with E-state index >= 15 is 0 Å². The summed E-state index contributed by atoms with van der Waals surface area (Å²) in [4.78, 5) is 26.4. The molecule has 7 heteroatoms. The number of nitrogens with one attached hydrogen (secondary N) is 2. The standard InChI is InChI=1S/C18H23N3O3.ClH/c1-24-16-5-3-2-4-15(16)21-12-14(10-17(21)22)18(23)20-11-13-6-8-19-9-7-13;/h2-6,14,19H,7-12H2,1H3,(H,20,23);1H. The molecule has 2 aliphatic rings. The second-order valence-electron chi connectivity index (χ2n) is 6.11. The number of benzene rings is 1. The number of nitrogens with zero attached hydrogens (tertiary/aromatic N) is 1. The third kappa shape index (κ3) is 4.52. The zero-order valence-corrected chi connectivity index (χ0v) is 15.1. The van der Waals surface area contributed by atoms with Crippen molar-refractivity contribution in [2.24, 2.45) is 5.92 Å². The van der Waals surface area contributed by atoms with E-state index in [0.717, 1.165) is 25.2 Å². The van der Waals surface area contributed by atoms with Crippen molar-refractivity contribution in [3.8, 4) is 5.75 Å². The molecule has 2 aliphatic heterocycles. The van der Waals surface area contributed by atoms with Crippen molar-refractivity contribution in [3.05, 3.63) is 35.9 Å². The number of methoxy groups -OCH3 is 1. The molecular formula is C18H24ClN3O3. The van der Waals surface area contributed by atoms with Crippen LogP contribution in [0.25, 0.3) is 0 Å². The van der Waals surface area contributed by atoms with Gasteiger partial charge in [0.05, 0.1) is 18.7 Å². The molecule has 2 heterocycles. The largest absolute Gasteiger partial charge is 0.495 e. The average molecular weight is 366 g/mol. The van der Waals surface area contributed by atoms with Crippen LogP contribution < -0.4 is 20.3 Å². The van der Waals surface area contributed by atoms with Crippen LogP contribution in [0, 0.1) is 5.92 Å². The predicted molar refractivity (Wildman–Crippen MR) is 99.3 cm³/mol. The molecule has 0 aliphatic carbocycles. The Labute approximate surface area is 154 Å². The van der Waals surface area contributed by atoms with Gasteiger partial charge in [-0.2, -0.15) is 0 Å². The van der Waals surface area contributed by atoms with Crippen LogP contribution in [0.5, 0.6) is 5.75 Å². The molecule has 2 N–H and O–H groups in total. The van der Waals surface area contributed by atoms with Crippen LogP contribution in [-0.2, 0) is 9.59 Å². The van der Waals surface area contributed by atoms with E-state index in [1.54, 1.807) is 12.0 Å². The molecule has 2 amide bonds. The number of carbonyl (C=O) groups is 2. The monoisotopic (exact) mass is 365 g/mol. The van der Waals surface area contributed by atoms with Gasteiger partial charge in [0.25, 0.3) is 0 Å². The number of anilines is 1. The van der Waals surface area contributed by atoms with Crippen molar-refractivity contribution < 1.29 is 14.3 Å². The molecule has 1 saturated heterocycles. The lowest BCUT2D eigenvalue weighted by Gasteiger charge is -2.19. The lowest BCUT2D eigenvalue weighted by atomic mass is 10.1. The number of rotatable bonds is 5. The molecule has 136 valence electrons. The van der Waals surface area contributed by atoms with Crippen LogP contribution in [0.1, 0.15) is 12.8 Å². The normalized spacial score (nSPS) is 19.9. The van der Waals surface area contributed by atoms with E-state index < -0.39 is 0 Å². The van der Waals surface area contributed by atoms with Crippen molar-refractivity contribution in [1.82, 2.24) is 10.6 Å². The fraction of sp³-hybridized carbons (Fsp3) is 0.444. The average Bonchev–Trinajstić information content (AvgIpc) is 3.02. The summed E-state index contributed by atoms with van der Waals surface area (Å²) in [7, 11) is 1.58. The molecule has 1 aromatic carbocycles. The van der Waals surface area contributed by atoms with E-state index in [9.17, 15) is 9.59 Å². The fourth-order valence-corrected chi connectivity index (χ4v) is 3.14. The molecule has 1 aromatic rings. The third-order valence-electron chi connectivity index (χ3n) is 4.52. The molecule has 1 atom stereocenters. The van der Waals surface area contributed by atoms with Crippen molar-refractivity contribution in [3.63, 3.8) is 0 Å². The molecule has 6 nitrogen and oxygen atoms in total. The van der Waals surface area contributed by atoms with Crippen molar-refractivity contribution in [2.75, 3.05) is 38.2 Å². The molecule has 0 radical (unpaired) electrons. The van der Waals surface area contributed by atoms with Gasteiger partial charge in [-0.1, -0.05) is 23.8 Å². The van der Waals surface area contributed by atoms with Crippen LogP contribution in [0.2, 0.25) is 0 Å². The number of ether oxygens (including phenoxy) is 1. The topological polar surface area (TPSA) is 70.7 Å². The second-order valence-corrected chi connectivity index (χ2v) is 6.11. The Balaban J connectivity index is 0.00000225. The molecule has 3 rings (SSSR count). The predicted octanol–water partition coefficient (Wildman–Crippen LogP) is 1.51. The Morgan fingerprint density at radius 1 is 1.40 bits per heavy atom. The Morgan fingerprint density at radius 2 is 2.20 bits per heavy atom. The zero-order chi connectivity index (χ0) is 16.9. The Morgan fingerprint density at radius 3 is 2.92 bits per heavy atom. The van der Waals surface area contributed by atoms with Crippen LogP contribution in [-0.4, -0.2) is 45.1 Å². The quantitative estimate of drug-likeness (QED) is 0.776. The van der Waals surface area contributed by atoms with Crippen LogP contribution >= 0.6 is 12.4 Å². The molecule has 0 spiro atoms. The summed E-state index contributed by atoms with van der Waals surface area (Å²) in [6.45, 7) is 2.77. The minimum absolute atomic E-state index is 0. The van der Waals surface area contributed by atoms with Gasteiger partial charge < -0.3 is 20.3 Å². The van der Waals surface area contributed by atoms with Gasteiger partial charge in [0.15, 0.2) is 0 Å².